The molecule has 0 fully saturated rings. The van der Waals surface area contributed by atoms with Crippen LogP contribution in [0.25, 0.3) is 22.2 Å². The zero-order valence-electron chi connectivity index (χ0n) is 14.3. The fourth-order valence-corrected chi connectivity index (χ4v) is 3.41. The minimum Gasteiger partial charge on any atom is -0.486 e. The molecule has 0 saturated carbocycles. The minimum atomic E-state index is 0.561. The van der Waals surface area contributed by atoms with Crippen LogP contribution in [-0.2, 0) is 0 Å². The summed E-state index contributed by atoms with van der Waals surface area (Å²) < 4.78 is 11.2. The number of halogens is 1. The smallest absolute Gasteiger partial charge is 0.163 e. The van der Waals surface area contributed by atoms with Crippen LogP contribution in [0.5, 0.6) is 11.5 Å². The molecule has 0 saturated heterocycles. The Kier molecular flexibility index (Phi) is 3.87. The number of anilines is 2. The molecule has 2 N–H and O–H groups in total. The molecule has 3 heterocycles. The fraction of sp³-hybridized carbons (Fsp3) is 0.0952. The van der Waals surface area contributed by atoms with Gasteiger partial charge in [-0.1, -0.05) is 23.7 Å². The fourth-order valence-electron chi connectivity index (χ4n) is 3.22. The summed E-state index contributed by atoms with van der Waals surface area (Å²) in [5.41, 5.74) is 3.92. The molecule has 0 bridgehead atoms. The van der Waals surface area contributed by atoms with E-state index < -0.39 is 0 Å². The van der Waals surface area contributed by atoms with Gasteiger partial charge in [0.05, 0.1) is 5.52 Å². The highest BCUT2D eigenvalue weighted by Crippen LogP contribution is 2.35. The monoisotopic (exact) mass is 377 g/mol. The van der Waals surface area contributed by atoms with Crippen LogP contribution >= 0.6 is 11.6 Å². The Bertz CT molecular complexity index is 1140. The zero-order valence-corrected chi connectivity index (χ0v) is 15.1. The lowest BCUT2D eigenvalue weighted by atomic mass is 10.1. The summed E-state index contributed by atoms with van der Waals surface area (Å²) in [6, 6.07) is 17.6. The van der Waals surface area contributed by atoms with Gasteiger partial charge < -0.3 is 19.8 Å². The van der Waals surface area contributed by atoms with E-state index in [1.165, 1.54) is 0 Å². The van der Waals surface area contributed by atoms with Gasteiger partial charge in [0.1, 0.15) is 19.0 Å². The van der Waals surface area contributed by atoms with Crippen LogP contribution in [0.2, 0.25) is 5.02 Å². The number of pyridine rings is 1. The number of aromatic amines is 1. The number of ether oxygens (including phenoxy) is 2. The first-order valence-electron chi connectivity index (χ1n) is 8.67. The normalized spacial score (nSPS) is 12.9. The maximum absolute atomic E-state index is 6.13. The molecule has 4 aromatic rings. The molecule has 134 valence electrons. The average molecular weight is 378 g/mol. The van der Waals surface area contributed by atoms with Gasteiger partial charge in [-0.2, -0.15) is 0 Å². The van der Waals surface area contributed by atoms with Crippen LogP contribution in [0.3, 0.4) is 0 Å². The number of aromatic nitrogens is 2. The summed E-state index contributed by atoms with van der Waals surface area (Å²) in [7, 11) is 0. The topological polar surface area (TPSA) is 59.2 Å². The van der Waals surface area contributed by atoms with Crippen molar-refractivity contribution in [3.63, 3.8) is 0 Å². The van der Waals surface area contributed by atoms with Crippen LogP contribution in [-0.4, -0.2) is 23.2 Å². The van der Waals surface area contributed by atoms with Gasteiger partial charge in [0.25, 0.3) is 0 Å². The quantitative estimate of drug-likeness (QED) is 0.502. The molecule has 2 aromatic carbocycles. The first-order chi connectivity index (χ1) is 13.3. The SMILES string of the molecule is Clc1cccc(-c2cc3c(Nc4ccc5c(c4)OCCO5)nccc3[nH]2)c1. The van der Waals surface area contributed by atoms with E-state index in [9.17, 15) is 0 Å². The number of H-pyrrole nitrogens is 1. The van der Waals surface area contributed by atoms with Crippen molar-refractivity contribution in [3.05, 3.63) is 65.8 Å². The van der Waals surface area contributed by atoms with E-state index in [-0.39, 0.29) is 0 Å². The molecule has 1 aliphatic rings. The Balaban J connectivity index is 1.52. The molecule has 27 heavy (non-hydrogen) atoms. The number of nitrogens with zero attached hydrogens (tertiary/aromatic N) is 1. The number of hydrogen-bond donors (Lipinski definition) is 2. The Morgan fingerprint density at radius 3 is 2.74 bits per heavy atom. The van der Waals surface area contributed by atoms with Gasteiger partial charge in [0.15, 0.2) is 11.5 Å². The molecular formula is C21H16ClN3O2. The Morgan fingerprint density at radius 1 is 0.963 bits per heavy atom. The summed E-state index contributed by atoms with van der Waals surface area (Å²) in [4.78, 5) is 7.94. The maximum Gasteiger partial charge on any atom is 0.163 e. The van der Waals surface area contributed by atoms with Gasteiger partial charge in [0.2, 0.25) is 0 Å². The number of hydrogen-bond acceptors (Lipinski definition) is 4. The molecule has 0 aliphatic carbocycles. The molecule has 1 aliphatic heterocycles. The highest BCUT2D eigenvalue weighted by Gasteiger charge is 2.13. The predicted octanol–water partition coefficient (Wildman–Crippen LogP) is 5.40. The van der Waals surface area contributed by atoms with Crippen LogP contribution < -0.4 is 14.8 Å². The van der Waals surface area contributed by atoms with Gasteiger partial charge in [-0.15, -0.1) is 0 Å². The Labute approximate surface area is 160 Å². The van der Waals surface area contributed by atoms with Crippen LogP contribution in [0.15, 0.2) is 60.8 Å². The van der Waals surface area contributed by atoms with Gasteiger partial charge in [-0.3, -0.25) is 0 Å². The Morgan fingerprint density at radius 2 is 1.85 bits per heavy atom. The third-order valence-corrected chi connectivity index (χ3v) is 4.72. The first kappa shape index (κ1) is 16.0. The molecule has 0 spiro atoms. The molecule has 5 nitrogen and oxygen atoms in total. The van der Waals surface area contributed by atoms with Crippen molar-refractivity contribution in [2.24, 2.45) is 0 Å². The van der Waals surface area contributed by atoms with E-state index in [1.807, 2.05) is 48.5 Å². The van der Waals surface area contributed by atoms with Crippen molar-refractivity contribution in [2.75, 3.05) is 18.5 Å². The number of rotatable bonds is 3. The number of benzene rings is 2. The van der Waals surface area contributed by atoms with E-state index in [0.717, 1.165) is 45.2 Å². The number of fused-ring (bicyclic) bond motifs is 2. The van der Waals surface area contributed by atoms with Crippen molar-refractivity contribution < 1.29 is 9.47 Å². The van der Waals surface area contributed by atoms with Crippen molar-refractivity contribution in [1.29, 1.82) is 0 Å². The molecule has 0 radical (unpaired) electrons. The molecule has 2 aromatic heterocycles. The first-order valence-corrected chi connectivity index (χ1v) is 9.04. The molecule has 5 rings (SSSR count). The van der Waals surface area contributed by atoms with Gasteiger partial charge in [0, 0.05) is 34.1 Å². The van der Waals surface area contributed by atoms with Gasteiger partial charge in [-0.25, -0.2) is 4.98 Å². The van der Waals surface area contributed by atoms with Gasteiger partial charge >= 0.3 is 0 Å². The minimum absolute atomic E-state index is 0.561. The zero-order chi connectivity index (χ0) is 18.2. The van der Waals surface area contributed by atoms with Crippen molar-refractivity contribution in [1.82, 2.24) is 9.97 Å². The summed E-state index contributed by atoms with van der Waals surface area (Å²) >= 11 is 6.13. The average Bonchev–Trinajstić information content (AvgIpc) is 3.13. The van der Waals surface area contributed by atoms with Crippen molar-refractivity contribution >= 4 is 34.0 Å². The summed E-state index contributed by atoms with van der Waals surface area (Å²) in [6.45, 7) is 1.14. The van der Waals surface area contributed by atoms with Crippen molar-refractivity contribution in [2.45, 2.75) is 0 Å². The van der Waals surface area contributed by atoms with Crippen molar-refractivity contribution in [3.8, 4) is 22.8 Å². The van der Waals surface area contributed by atoms with E-state index in [1.54, 1.807) is 6.20 Å². The number of nitrogens with one attached hydrogen (secondary N) is 2. The van der Waals surface area contributed by atoms with Crippen LogP contribution in [0, 0.1) is 0 Å². The van der Waals surface area contributed by atoms with Crippen LogP contribution in [0.4, 0.5) is 11.5 Å². The molecule has 0 unspecified atom stereocenters. The lowest BCUT2D eigenvalue weighted by Crippen LogP contribution is -2.15. The van der Waals surface area contributed by atoms with E-state index in [0.29, 0.717) is 18.2 Å². The standard InChI is InChI=1S/C21H16ClN3O2/c22-14-3-1-2-13(10-14)18-12-16-17(25-18)6-7-23-21(16)24-15-4-5-19-20(11-15)27-9-8-26-19/h1-7,10-12,25H,8-9H2,(H,23,24). The third-order valence-electron chi connectivity index (χ3n) is 4.49. The second kappa shape index (κ2) is 6.52. The van der Waals surface area contributed by atoms with Gasteiger partial charge in [-0.05, 0) is 42.0 Å². The maximum atomic E-state index is 6.13. The molecule has 6 heteroatoms. The highest BCUT2D eigenvalue weighted by atomic mass is 35.5. The molecule has 0 amide bonds. The van der Waals surface area contributed by atoms with E-state index in [2.05, 4.69) is 21.4 Å². The highest BCUT2D eigenvalue weighted by molar-refractivity contribution is 6.30. The second-order valence-corrected chi connectivity index (χ2v) is 6.73. The second-order valence-electron chi connectivity index (χ2n) is 6.30. The van der Waals surface area contributed by atoms with Crippen LogP contribution in [0.1, 0.15) is 0 Å². The summed E-state index contributed by atoms with van der Waals surface area (Å²) in [6.07, 6.45) is 1.78. The van der Waals surface area contributed by atoms with E-state index >= 15 is 0 Å². The lowest BCUT2D eigenvalue weighted by molar-refractivity contribution is 0.171. The van der Waals surface area contributed by atoms with E-state index in [4.69, 9.17) is 21.1 Å². The summed E-state index contributed by atoms with van der Waals surface area (Å²) in [5, 5.41) is 5.09. The Hall–Kier alpha value is -3.18. The molecular weight excluding hydrogens is 362 g/mol. The largest absolute Gasteiger partial charge is 0.486 e. The molecule has 0 atom stereocenters. The summed E-state index contributed by atoms with van der Waals surface area (Å²) in [5.74, 6) is 2.28. The lowest BCUT2D eigenvalue weighted by Gasteiger charge is -2.19. The predicted molar refractivity (Wildman–Crippen MR) is 107 cm³/mol. The third kappa shape index (κ3) is 3.06.